The molecule has 0 amide bonds. The van der Waals surface area contributed by atoms with Gasteiger partial charge in [0, 0.05) is 39.4 Å². The molecule has 0 bridgehead atoms. The third kappa shape index (κ3) is 3.10. The summed E-state index contributed by atoms with van der Waals surface area (Å²) in [7, 11) is 3.93. The average molecular weight is 249 g/mol. The van der Waals surface area contributed by atoms with Crippen molar-refractivity contribution in [1.29, 1.82) is 0 Å². The summed E-state index contributed by atoms with van der Waals surface area (Å²) in [5.74, 6) is 1.79. The first-order chi connectivity index (χ1) is 8.70. The number of hydrogen-bond donors (Lipinski definition) is 1. The van der Waals surface area contributed by atoms with E-state index in [0.29, 0.717) is 6.04 Å². The molecule has 1 atom stereocenters. The van der Waals surface area contributed by atoms with E-state index in [0.717, 1.165) is 31.4 Å². The molecule has 1 N–H and O–H groups in total. The van der Waals surface area contributed by atoms with Gasteiger partial charge in [0.15, 0.2) is 0 Å². The van der Waals surface area contributed by atoms with E-state index in [2.05, 4.69) is 27.1 Å². The van der Waals surface area contributed by atoms with Crippen LogP contribution in [-0.4, -0.2) is 49.7 Å². The maximum absolute atomic E-state index is 4.60. The molecule has 18 heavy (non-hydrogen) atoms. The van der Waals surface area contributed by atoms with Crippen LogP contribution in [0.15, 0.2) is 12.3 Å². The van der Waals surface area contributed by atoms with Crippen LogP contribution in [0.3, 0.4) is 0 Å². The van der Waals surface area contributed by atoms with E-state index in [1.54, 1.807) is 0 Å². The summed E-state index contributed by atoms with van der Waals surface area (Å²) in [6.07, 6.45) is 4.39. The Hall–Kier alpha value is -1.36. The molecule has 1 aliphatic heterocycles. The molecular formula is C13H23N5. The molecule has 1 aliphatic rings. The average Bonchev–Trinajstić information content (AvgIpc) is 2.89. The molecule has 1 fully saturated rings. The van der Waals surface area contributed by atoms with Gasteiger partial charge in [-0.05, 0) is 32.4 Å². The van der Waals surface area contributed by atoms with Crippen LogP contribution in [0.2, 0.25) is 0 Å². The standard InChI is InChI=1S/C13H23N5/c1-4-18(10-11-6-5-8-14-11)12-7-9-15-13(16-12)17(2)3/h7,9,11,14H,4-6,8,10H2,1-3H3. The molecular weight excluding hydrogens is 226 g/mol. The van der Waals surface area contributed by atoms with Crippen molar-refractivity contribution < 1.29 is 0 Å². The highest BCUT2D eigenvalue weighted by atomic mass is 15.3. The van der Waals surface area contributed by atoms with E-state index >= 15 is 0 Å². The van der Waals surface area contributed by atoms with E-state index in [9.17, 15) is 0 Å². The Bertz CT molecular complexity index is 373. The number of nitrogens with one attached hydrogen (secondary N) is 1. The minimum Gasteiger partial charge on any atom is -0.355 e. The van der Waals surface area contributed by atoms with E-state index in [1.165, 1.54) is 12.8 Å². The van der Waals surface area contributed by atoms with Gasteiger partial charge < -0.3 is 15.1 Å². The van der Waals surface area contributed by atoms with Crippen molar-refractivity contribution >= 4 is 11.8 Å². The molecule has 5 heteroatoms. The molecule has 1 aromatic heterocycles. The quantitative estimate of drug-likeness (QED) is 0.847. The van der Waals surface area contributed by atoms with Crippen LogP contribution in [0.25, 0.3) is 0 Å². The summed E-state index contributed by atoms with van der Waals surface area (Å²) >= 11 is 0. The van der Waals surface area contributed by atoms with Gasteiger partial charge in [-0.25, -0.2) is 4.98 Å². The van der Waals surface area contributed by atoms with E-state index < -0.39 is 0 Å². The second-order valence-electron chi connectivity index (χ2n) is 4.94. The highest BCUT2D eigenvalue weighted by molar-refractivity contribution is 5.43. The van der Waals surface area contributed by atoms with Crippen molar-refractivity contribution in [3.05, 3.63) is 12.3 Å². The summed E-state index contributed by atoms with van der Waals surface area (Å²) < 4.78 is 0. The van der Waals surface area contributed by atoms with Gasteiger partial charge in [0.2, 0.25) is 5.95 Å². The fraction of sp³-hybridized carbons (Fsp3) is 0.692. The molecule has 2 rings (SSSR count). The van der Waals surface area contributed by atoms with Gasteiger partial charge in [-0.1, -0.05) is 0 Å². The number of aromatic nitrogens is 2. The summed E-state index contributed by atoms with van der Waals surface area (Å²) in [6.45, 7) is 5.32. The maximum atomic E-state index is 4.60. The van der Waals surface area contributed by atoms with Crippen LogP contribution >= 0.6 is 0 Å². The van der Waals surface area contributed by atoms with Gasteiger partial charge in [-0.2, -0.15) is 4.98 Å². The lowest BCUT2D eigenvalue weighted by atomic mass is 10.2. The molecule has 0 aromatic carbocycles. The molecule has 0 spiro atoms. The predicted molar refractivity (Wildman–Crippen MR) is 75.3 cm³/mol. The van der Waals surface area contributed by atoms with Gasteiger partial charge in [0.05, 0.1) is 0 Å². The summed E-state index contributed by atoms with van der Waals surface area (Å²) in [4.78, 5) is 13.1. The Morgan fingerprint density at radius 1 is 1.44 bits per heavy atom. The molecule has 0 radical (unpaired) electrons. The topological polar surface area (TPSA) is 44.3 Å². The maximum Gasteiger partial charge on any atom is 0.226 e. The zero-order valence-electron chi connectivity index (χ0n) is 11.6. The second kappa shape index (κ2) is 6.00. The first-order valence-electron chi connectivity index (χ1n) is 6.69. The third-order valence-corrected chi connectivity index (χ3v) is 3.34. The van der Waals surface area contributed by atoms with Crippen molar-refractivity contribution in [3.8, 4) is 0 Å². The van der Waals surface area contributed by atoms with Gasteiger partial charge in [-0.3, -0.25) is 0 Å². The van der Waals surface area contributed by atoms with Crippen LogP contribution in [0.5, 0.6) is 0 Å². The smallest absolute Gasteiger partial charge is 0.226 e. The monoisotopic (exact) mass is 249 g/mol. The molecule has 1 saturated heterocycles. The lowest BCUT2D eigenvalue weighted by Gasteiger charge is -2.26. The lowest BCUT2D eigenvalue weighted by Crippen LogP contribution is -2.38. The van der Waals surface area contributed by atoms with E-state index in [-0.39, 0.29) is 0 Å². The molecule has 0 aliphatic carbocycles. The van der Waals surface area contributed by atoms with Crippen molar-refractivity contribution in [2.45, 2.75) is 25.8 Å². The first-order valence-corrected chi connectivity index (χ1v) is 6.69. The molecule has 100 valence electrons. The summed E-state index contributed by atoms with van der Waals surface area (Å²) in [6, 6.07) is 2.59. The van der Waals surface area contributed by atoms with Gasteiger partial charge >= 0.3 is 0 Å². The number of hydrogen-bond acceptors (Lipinski definition) is 5. The zero-order valence-corrected chi connectivity index (χ0v) is 11.6. The van der Waals surface area contributed by atoms with Crippen LogP contribution in [0.4, 0.5) is 11.8 Å². The largest absolute Gasteiger partial charge is 0.355 e. The normalized spacial score (nSPS) is 18.9. The van der Waals surface area contributed by atoms with E-state index in [4.69, 9.17) is 0 Å². The SMILES string of the molecule is CCN(CC1CCCN1)c1ccnc(N(C)C)n1. The Labute approximate surface area is 109 Å². The van der Waals surface area contributed by atoms with Gasteiger partial charge in [-0.15, -0.1) is 0 Å². The fourth-order valence-electron chi connectivity index (χ4n) is 2.29. The number of rotatable bonds is 5. The Balaban J connectivity index is 2.08. The Morgan fingerprint density at radius 2 is 2.28 bits per heavy atom. The van der Waals surface area contributed by atoms with Crippen LogP contribution in [0, 0.1) is 0 Å². The van der Waals surface area contributed by atoms with Gasteiger partial charge in [0.1, 0.15) is 5.82 Å². The number of nitrogens with zero attached hydrogens (tertiary/aromatic N) is 4. The second-order valence-corrected chi connectivity index (χ2v) is 4.94. The third-order valence-electron chi connectivity index (χ3n) is 3.34. The van der Waals surface area contributed by atoms with Crippen molar-refractivity contribution in [2.24, 2.45) is 0 Å². The Morgan fingerprint density at radius 3 is 2.89 bits per heavy atom. The van der Waals surface area contributed by atoms with Crippen molar-refractivity contribution in [1.82, 2.24) is 15.3 Å². The minimum absolute atomic E-state index is 0.600. The van der Waals surface area contributed by atoms with Gasteiger partial charge in [0.25, 0.3) is 0 Å². The van der Waals surface area contributed by atoms with Crippen LogP contribution in [-0.2, 0) is 0 Å². The fourth-order valence-corrected chi connectivity index (χ4v) is 2.29. The molecule has 1 aromatic rings. The predicted octanol–water partition coefficient (Wildman–Crippen LogP) is 1.12. The van der Waals surface area contributed by atoms with Crippen LogP contribution in [0.1, 0.15) is 19.8 Å². The number of likely N-dealkylation sites (N-methyl/N-ethyl adjacent to an activating group) is 1. The zero-order chi connectivity index (χ0) is 13.0. The van der Waals surface area contributed by atoms with Crippen LogP contribution < -0.4 is 15.1 Å². The minimum atomic E-state index is 0.600. The molecule has 0 saturated carbocycles. The summed E-state index contributed by atoms with van der Waals surface area (Å²) in [5.41, 5.74) is 0. The first kappa shape index (κ1) is 13.1. The highest BCUT2D eigenvalue weighted by Crippen LogP contribution is 2.16. The molecule has 1 unspecified atom stereocenters. The molecule has 2 heterocycles. The Kier molecular flexibility index (Phi) is 4.36. The number of anilines is 2. The van der Waals surface area contributed by atoms with E-state index in [1.807, 2.05) is 31.3 Å². The summed E-state index contributed by atoms with van der Waals surface area (Å²) in [5, 5.41) is 3.53. The van der Waals surface area contributed by atoms with Crippen molar-refractivity contribution in [3.63, 3.8) is 0 Å². The molecule has 5 nitrogen and oxygen atoms in total. The lowest BCUT2D eigenvalue weighted by molar-refractivity contribution is 0.583. The van der Waals surface area contributed by atoms with Crippen molar-refractivity contribution in [2.75, 3.05) is 43.5 Å². The highest BCUT2D eigenvalue weighted by Gasteiger charge is 2.18.